The summed E-state index contributed by atoms with van der Waals surface area (Å²) >= 11 is 0. The van der Waals surface area contributed by atoms with Gasteiger partial charge >= 0.3 is 0 Å². The molecule has 0 radical (unpaired) electrons. The van der Waals surface area contributed by atoms with Crippen LogP contribution >= 0.6 is 0 Å². The Morgan fingerprint density at radius 3 is 2.91 bits per heavy atom. The molecule has 0 bridgehead atoms. The van der Waals surface area contributed by atoms with Gasteiger partial charge in [-0.25, -0.2) is 4.99 Å². The van der Waals surface area contributed by atoms with Gasteiger partial charge < -0.3 is 19.7 Å². The standard InChI is InChI=1S/C18H29N3O2/c1-5-19-18(21(3)12-15-6-7-23-13-15)20-11-16-8-14(2)9-17(10-16)22-4/h8-10,15H,5-7,11-13H2,1-4H3,(H,19,20). The van der Waals surface area contributed by atoms with Crippen molar-refractivity contribution in [1.29, 1.82) is 0 Å². The second-order valence-electron chi connectivity index (χ2n) is 6.14. The Hall–Kier alpha value is -1.75. The maximum Gasteiger partial charge on any atom is 0.193 e. The smallest absolute Gasteiger partial charge is 0.193 e. The molecule has 1 aliphatic rings. The van der Waals surface area contributed by atoms with E-state index in [1.54, 1.807) is 7.11 Å². The molecule has 1 N–H and O–H groups in total. The highest BCUT2D eigenvalue weighted by Crippen LogP contribution is 2.17. The number of hydrogen-bond donors (Lipinski definition) is 1. The summed E-state index contributed by atoms with van der Waals surface area (Å²) in [5, 5.41) is 3.37. The molecule has 1 aromatic rings. The van der Waals surface area contributed by atoms with E-state index in [0.717, 1.165) is 50.0 Å². The van der Waals surface area contributed by atoms with E-state index < -0.39 is 0 Å². The van der Waals surface area contributed by atoms with Crippen molar-refractivity contribution < 1.29 is 9.47 Å². The van der Waals surface area contributed by atoms with Crippen molar-refractivity contribution >= 4 is 5.96 Å². The molecule has 1 saturated heterocycles. The molecule has 1 aliphatic heterocycles. The highest BCUT2D eigenvalue weighted by molar-refractivity contribution is 5.79. The average molecular weight is 319 g/mol. The zero-order valence-corrected chi connectivity index (χ0v) is 14.8. The van der Waals surface area contributed by atoms with E-state index in [0.29, 0.717) is 12.5 Å². The lowest BCUT2D eigenvalue weighted by atomic mass is 10.1. The van der Waals surface area contributed by atoms with Crippen LogP contribution in [-0.4, -0.2) is 51.3 Å². The molecule has 1 unspecified atom stereocenters. The van der Waals surface area contributed by atoms with Gasteiger partial charge in [-0.05, 0) is 43.5 Å². The van der Waals surface area contributed by atoms with Crippen LogP contribution in [0.4, 0.5) is 0 Å². The van der Waals surface area contributed by atoms with Gasteiger partial charge in [-0.1, -0.05) is 6.07 Å². The van der Waals surface area contributed by atoms with E-state index in [9.17, 15) is 0 Å². The first-order valence-electron chi connectivity index (χ1n) is 8.34. The highest BCUT2D eigenvalue weighted by atomic mass is 16.5. The van der Waals surface area contributed by atoms with Gasteiger partial charge in [0.1, 0.15) is 5.75 Å². The minimum absolute atomic E-state index is 0.600. The molecule has 0 amide bonds. The molecule has 0 aromatic heterocycles. The molecular weight excluding hydrogens is 290 g/mol. The molecule has 0 saturated carbocycles. The Morgan fingerprint density at radius 1 is 1.43 bits per heavy atom. The molecule has 5 heteroatoms. The number of nitrogens with one attached hydrogen (secondary N) is 1. The Morgan fingerprint density at radius 2 is 2.26 bits per heavy atom. The normalized spacial score (nSPS) is 18.1. The minimum Gasteiger partial charge on any atom is -0.497 e. The van der Waals surface area contributed by atoms with Crippen LogP contribution in [0.15, 0.2) is 23.2 Å². The molecule has 0 aliphatic carbocycles. The predicted molar refractivity (Wildman–Crippen MR) is 94.1 cm³/mol. The second-order valence-corrected chi connectivity index (χ2v) is 6.14. The van der Waals surface area contributed by atoms with Gasteiger partial charge in [-0.2, -0.15) is 0 Å². The summed E-state index contributed by atoms with van der Waals surface area (Å²) in [7, 11) is 3.79. The van der Waals surface area contributed by atoms with Crippen molar-refractivity contribution in [2.75, 3.05) is 40.5 Å². The quantitative estimate of drug-likeness (QED) is 0.646. The molecule has 1 fully saturated rings. The van der Waals surface area contributed by atoms with E-state index in [4.69, 9.17) is 14.5 Å². The third-order valence-corrected chi connectivity index (χ3v) is 4.01. The first-order valence-corrected chi connectivity index (χ1v) is 8.34. The van der Waals surface area contributed by atoms with Crippen molar-refractivity contribution in [3.05, 3.63) is 29.3 Å². The molecule has 23 heavy (non-hydrogen) atoms. The Bertz CT molecular complexity index is 525. The van der Waals surface area contributed by atoms with Crippen LogP contribution in [-0.2, 0) is 11.3 Å². The van der Waals surface area contributed by atoms with Gasteiger partial charge in [0.15, 0.2) is 5.96 Å². The summed E-state index contributed by atoms with van der Waals surface area (Å²) in [6.07, 6.45) is 1.14. The topological polar surface area (TPSA) is 46.1 Å². The third-order valence-electron chi connectivity index (χ3n) is 4.01. The van der Waals surface area contributed by atoms with Crippen molar-refractivity contribution in [2.45, 2.75) is 26.8 Å². The number of nitrogens with zero attached hydrogens (tertiary/aromatic N) is 2. The van der Waals surface area contributed by atoms with Crippen LogP contribution in [0.5, 0.6) is 5.75 Å². The Labute approximate surface area is 139 Å². The lowest BCUT2D eigenvalue weighted by Crippen LogP contribution is -2.41. The predicted octanol–water partition coefficient (Wildman–Crippen LogP) is 2.44. The van der Waals surface area contributed by atoms with Gasteiger partial charge in [0.25, 0.3) is 0 Å². The van der Waals surface area contributed by atoms with Crippen LogP contribution < -0.4 is 10.1 Å². The minimum atomic E-state index is 0.600. The van der Waals surface area contributed by atoms with Crippen molar-refractivity contribution in [1.82, 2.24) is 10.2 Å². The average Bonchev–Trinajstić information content (AvgIpc) is 3.03. The van der Waals surface area contributed by atoms with E-state index >= 15 is 0 Å². The SMILES string of the molecule is CCNC(=NCc1cc(C)cc(OC)c1)N(C)CC1CCOC1. The van der Waals surface area contributed by atoms with Crippen LogP contribution in [0.1, 0.15) is 24.5 Å². The van der Waals surface area contributed by atoms with E-state index in [1.807, 2.05) is 12.1 Å². The number of aliphatic imine (C=N–C) groups is 1. The van der Waals surface area contributed by atoms with E-state index in [2.05, 4.69) is 37.2 Å². The van der Waals surface area contributed by atoms with Gasteiger partial charge in [-0.15, -0.1) is 0 Å². The van der Waals surface area contributed by atoms with Gasteiger partial charge in [0.05, 0.1) is 20.3 Å². The highest BCUT2D eigenvalue weighted by Gasteiger charge is 2.19. The lowest BCUT2D eigenvalue weighted by molar-refractivity contribution is 0.181. The first kappa shape index (κ1) is 17.6. The summed E-state index contributed by atoms with van der Waals surface area (Å²) in [6.45, 7) is 8.40. The maximum atomic E-state index is 5.46. The maximum absolute atomic E-state index is 5.46. The van der Waals surface area contributed by atoms with Crippen molar-refractivity contribution in [3.63, 3.8) is 0 Å². The van der Waals surface area contributed by atoms with Crippen molar-refractivity contribution in [3.8, 4) is 5.75 Å². The monoisotopic (exact) mass is 319 g/mol. The molecule has 5 nitrogen and oxygen atoms in total. The molecule has 1 atom stereocenters. The number of benzene rings is 1. The van der Waals surface area contributed by atoms with Crippen LogP contribution in [0.25, 0.3) is 0 Å². The molecule has 128 valence electrons. The van der Waals surface area contributed by atoms with Crippen LogP contribution in [0.3, 0.4) is 0 Å². The largest absolute Gasteiger partial charge is 0.497 e. The molecule has 0 spiro atoms. The molecule has 1 heterocycles. The van der Waals surface area contributed by atoms with Crippen LogP contribution in [0.2, 0.25) is 0 Å². The Kier molecular flexibility index (Phi) is 6.71. The number of aryl methyl sites for hydroxylation is 1. The fourth-order valence-corrected chi connectivity index (χ4v) is 2.87. The first-order chi connectivity index (χ1) is 11.1. The second kappa shape index (κ2) is 8.77. The van der Waals surface area contributed by atoms with Gasteiger partial charge in [0, 0.05) is 32.7 Å². The summed E-state index contributed by atoms with van der Waals surface area (Å²) in [5.41, 5.74) is 2.35. The third kappa shape index (κ3) is 5.43. The van der Waals surface area contributed by atoms with E-state index in [1.165, 1.54) is 5.56 Å². The summed E-state index contributed by atoms with van der Waals surface area (Å²) in [6, 6.07) is 6.23. The van der Waals surface area contributed by atoms with Gasteiger partial charge in [-0.3, -0.25) is 0 Å². The fourth-order valence-electron chi connectivity index (χ4n) is 2.87. The van der Waals surface area contributed by atoms with Crippen LogP contribution in [0, 0.1) is 12.8 Å². The van der Waals surface area contributed by atoms with E-state index in [-0.39, 0.29) is 0 Å². The number of methoxy groups -OCH3 is 1. The number of guanidine groups is 1. The Balaban J connectivity index is 2.03. The molecule has 1 aromatic carbocycles. The van der Waals surface area contributed by atoms with Gasteiger partial charge in [0.2, 0.25) is 0 Å². The number of ether oxygens (including phenoxy) is 2. The summed E-state index contributed by atoms with van der Waals surface area (Å²) < 4.78 is 10.8. The number of rotatable bonds is 6. The zero-order valence-electron chi connectivity index (χ0n) is 14.8. The zero-order chi connectivity index (χ0) is 16.7. The van der Waals surface area contributed by atoms with Crippen molar-refractivity contribution in [2.24, 2.45) is 10.9 Å². The molecule has 2 rings (SSSR count). The summed E-state index contributed by atoms with van der Waals surface area (Å²) in [5.74, 6) is 2.43. The summed E-state index contributed by atoms with van der Waals surface area (Å²) in [4.78, 5) is 6.98. The molecular formula is C18H29N3O2. The lowest BCUT2D eigenvalue weighted by Gasteiger charge is -2.24. The fraction of sp³-hybridized carbons (Fsp3) is 0.611. The number of hydrogen-bond acceptors (Lipinski definition) is 3.